The molecule has 0 bridgehead atoms. The third kappa shape index (κ3) is 5.45. The maximum absolute atomic E-state index is 13.0. The summed E-state index contributed by atoms with van der Waals surface area (Å²) in [6, 6.07) is 9.65. The maximum atomic E-state index is 13.0. The number of hydrogen-bond acceptors (Lipinski definition) is 3. The normalized spacial score (nSPS) is 10.2. The average Bonchev–Trinajstić information content (AvgIpc) is 2.49. The van der Waals surface area contributed by atoms with Gasteiger partial charge in [0.1, 0.15) is 11.6 Å². The summed E-state index contributed by atoms with van der Waals surface area (Å²) in [6.07, 6.45) is 0. The second kappa shape index (κ2) is 7.82. The van der Waals surface area contributed by atoms with E-state index in [0.717, 1.165) is 22.2 Å². The lowest BCUT2D eigenvalue weighted by Gasteiger charge is -2.07. The van der Waals surface area contributed by atoms with Crippen molar-refractivity contribution in [3.63, 3.8) is 0 Å². The summed E-state index contributed by atoms with van der Waals surface area (Å²) < 4.78 is 31.6. The molecule has 0 spiro atoms. The van der Waals surface area contributed by atoms with Gasteiger partial charge in [0.25, 0.3) is 5.91 Å². The van der Waals surface area contributed by atoms with Gasteiger partial charge in [-0.1, -0.05) is 28.1 Å². The van der Waals surface area contributed by atoms with Crippen molar-refractivity contribution in [1.29, 1.82) is 0 Å². The molecule has 0 aliphatic heterocycles. The number of carbonyl (C=O) groups is 2. The largest absolute Gasteiger partial charge is 0.452 e. The number of rotatable bonds is 5. The van der Waals surface area contributed by atoms with E-state index >= 15 is 0 Å². The molecule has 4 nitrogen and oxygen atoms in total. The zero-order valence-electron chi connectivity index (χ0n) is 11.8. The fourth-order valence-corrected chi connectivity index (χ4v) is 2.23. The van der Waals surface area contributed by atoms with E-state index in [1.54, 1.807) is 0 Å². The molecule has 0 saturated heterocycles. The molecular weight excluding hydrogens is 372 g/mol. The molecule has 120 valence electrons. The van der Waals surface area contributed by atoms with E-state index in [0.29, 0.717) is 6.07 Å². The Morgan fingerprint density at radius 2 is 1.78 bits per heavy atom. The Labute approximate surface area is 139 Å². The summed E-state index contributed by atoms with van der Waals surface area (Å²) in [5.41, 5.74) is 0.577. The molecule has 0 atom stereocenters. The number of halogens is 3. The number of amides is 1. The van der Waals surface area contributed by atoms with E-state index in [1.165, 1.54) is 0 Å². The highest BCUT2D eigenvalue weighted by molar-refractivity contribution is 9.10. The number of nitrogens with one attached hydrogen (secondary N) is 1. The predicted octanol–water partition coefficient (Wildman–Crippen LogP) is 3.20. The van der Waals surface area contributed by atoms with Crippen LogP contribution in [0.4, 0.5) is 8.78 Å². The molecule has 1 N–H and O–H groups in total. The van der Waals surface area contributed by atoms with Gasteiger partial charge in [0, 0.05) is 17.1 Å². The molecule has 23 heavy (non-hydrogen) atoms. The molecule has 0 unspecified atom stereocenters. The van der Waals surface area contributed by atoms with Crippen molar-refractivity contribution in [2.24, 2.45) is 0 Å². The van der Waals surface area contributed by atoms with Crippen molar-refractivity contribution in [3.8, 4) is 0 Å². The summed E-state index contributed by atoms with van der Waals surface area (Å²) in [4.78, 5) is 23.3. The molecule has 7 heteroatoms. The van der Waals surface area contributed by atoms with Crippen LogP contribution in [0.15, 0.2) is 46.9 Å². The van der Waals surface area contributed by atoms with Gasteiger partial charge in [-0.3, -0.25) is 4.79 Å². The van der Waals surface area contributed by atoms with Crippen LogP contribution in [0.25, 0.3) is 0 Å². The Hall–Kier alpha value is -2.28. The summed E-state index contributed by atoms with van der Waals surface area (Å²) in [5, 5.41) is 2.57. The van der Waals surface area contributed by atoms with Gasteiger partial charge in [-0.05, 0) is 29.8 Å². The molecule has 0 heterocycles. The van der Waals surface area contributed by atoms with E-state index in [9.17, 15) is 18.4 Å². The fraction of sp³-hybridized carbons (Fsp3) is 0.125. The highest BCUT2D eigenvalue weighted by atomic mass is 79.9. The first-order chi connectivity index (χ1) is 10.9. The van der Waals surface area contributed by atoms with Crippen molar-refractivity contribution in [2.75, 3.05) is 6.61 Å². The minimum atomic E-state index is -0.971. The molecule has 2 aromatic carbocycles. The minimum absolute atomic E-state index is 0.268. The first kappa shape index (κ1) is 17.1. The van der Waals surface area contributed by atoms with Crippen molar-refractivity contribution >= 4 is 27.8 Å². The van der Waals surface area contributed by atoms with Crippen LogP contribution in [0.2, 0.25) is 0 Å². The van der Waals surface area contributed by atoms with Crippen molar-refractivity contribution < 1.29 is 23.1 Å². The van der Waals surface area contributed by atoms with Crippen LogP contribution in [0.1, 0.15) is 15.9 Å². The van der Waals surface area contributed by atoms with Crippen LogP contribution in [0.3, 0.4) is 0 Å². The summed E-state index contributed by atoms with van der Waals surface area (Å²) >= 11 is 3.31. The molecule has 0 aliphatic carbocycles. The standard InChI is InChI=1S/C16H12BrF2NO3/c17-12-3-1-2-10(4-12)8-20-15(21)9-23-16(22)11-5-13(18)7-14(19)6-11/h1-7H,8-9H2,(H,20,21). The first-order valence-electron chi connectivity index (χ1n) is 6.58. The Balaban J connectivity index is 1.83. The van der Waals surface area contributed by atoms with Crippen molar-refractivity contribution in [3.05, 3.63) is 69.7 Å². The monoisotopic (exact) mass is 383 g/mol. The lowest BCUT2D eigenvalue weighted by atomic mass is 10.2. The van der Waals surface area contributed by atoms with Crippen LogP contribution < -0.4 is 5.32 Å². The van der Waals surface area contributed by atoms with E-state index < -0.39 is 30.1 Å². The average molecular weight is 384 g/mol. The number of hydrogen-bond donors (Lipinski definition) is 1. The molecule has 0 radical (unpaired) electrons. The Morgan fingerprint density at radius 3 is 2.43 bits per heavy atom. The number of benzene rings is 2. The smallest absolute Gasteiger partial charge is 0.338 e. The van der Waals surface area contributed by atoms with E-state index in [1.807, 2.05) is 24.3 Å². The minimum Gasteiger partial charge on any atom is -0.452 e. The molecule has 0 fully saturated rings. The van der Waals surface area contributed by atoms with Gasteiger partial charge in [0.15, 0.2) is 6.61 Å². The Kier molecular flexibility index (Phi) is 5.81. The molecule has 0 aliphatic rings. The van der Waals surface area contributed by atoms with Gasteiger partial charge in [0.05, 0.1) is 5.56 Å². The second-order valence-corrected chi connectivity index (χ2v) is 5.56. The third-order valence-corrected chi connectivity index (χ3v) is 3.30. The van der Waals surface area contributed by atoms with Crippen molar-refractivity contribution in [2.45, 2.75) is 6.54 Å². The molecule has 1 amide bonds. The fourth-order valence-electron chi connectivity index (χ4n) is 1.78. The third-order valence-electron chi connectivity index (χ3n) is 2.81. The van der Waals surface area contributed by atoms with Crippen molar-refractivity contribution in [1.82, 2.24) is 5.32 Å². The van der Waals surface area contributed by atoms with Crippen LogP contribution >= 0.6 is 15.9 Å². The van der Waals surface area contributed by atoms with E-state index in [4.69, 9.17) is 4.74 Å². The zero-order valence-corrected chi connectivity index (χ0v) is 13.4. The summed E-state index contributed by atoms with van der Waals surface area (Å²) in [5.74, 6) is -3.27. The van der Waals surface area contributed by atoms with Crippen LogP contribution in [-0.4, -0.2) is 18.5 Å². The molecule has 2 rings (SSSR count). The molecule has 0 saturated carbocycles. The predicted molar refractivity (Wildman–Crippen MR) is 82.6 cm³/mol. The SMILES string of the molecule is O=C(COC(=O)c1cc(F)cc(F)c1)NCc1cccc(Br)c1. The Morgan fingerprint density at radius 1 is 1.09 bits per heavy atom. The lowest BCUT2D eigenvalue weighted by Crippen LogP contribution is -2.28. The van der Waals surface area contributed by atoms with Crippen LogP contribution in [-0.2, 0) is 16.1 Å². The topological polar surface area (TPSA) is 55.4 Å². The van der Waals surface area contributed by atoms with Gasteiger partial charge in [-0.15, -0.1) is 0 Å². The molecule has 2 aromatic rings. The summed E-state index contributed by atoms with van der Waals surface area (Å²) in [6.45, 7) is -0.268. The molecular formula is C16H12BrF2NO3. The van der Waals surface area contributed by atoms with Gasteiger partial charge in [-0.2, -0.15) is 0 Å². The Bertz CT molecular complexity index is 717. The lowest BCUT2D eigenvalue weighted by molar-refractivity contribution is -0.124. The van der Waals surface area contributed by atoms with E-state index in [-0.39, 0.29) is 12.1 Å². The summed E-state index contributed by atoms with van der Waals surface area (Å²) in [7, 11) is 0. The number of ether oxygens (including phenoxy) is 1. The number of esters is 1. The first-order valence-corrected chi connectivity index (χ1v) is 7.38. The molecule has 0 aromatic heterocycles. The highest BCUT2D eigenvalue weighted by Gasteiger charge is 2.12. The van der Waals surface area contributed by atoms with Gasteiger partial charge in [0.2, 0.25) is 0 Å². The quantitative estimate of drug-likeness (QED) is 0.806. The number of carbonyl (C=O) groups excluding carboxylic acids is 2. The van der Waals surface area contributed by atoms with Gasteiger partial charge < -0.3 is 10.1 Å². The van der Waals surface area contributed by atoms with Gasteiger partial charge >= 0.3 is 5.97 Å². The van der Waals surface area contributed by atoms with Crippen LogP contribution in [0, 0.1) is 11.6 Å². The second-order valence-electron chi connectivity index (χ2n) is 4.64. The maximum Gasteiger partial charge on any atom is 0.338 e. The van der Waals surface area contributed by atoms with E-state index in [2.05, 4.69) is 21.2 Å². The van der Waals surface area contributed by atoms with Gasteiger partial charge in [-0.25, -0.2) is 13.6 Å². The van der Waals surface area contributed by atoms with Crippen LogP contribution in [0.5, 0.6) is 0 Å². The zero-order chi connectivity index (χ0) is 16.8. The highest BCUT2D eigenvalue weighted by Crippen LogP contribution is 2.11.